The molecule has 0 bridgehead atoms. The molecule has 1 saturated heterocycles. The number of carboxylic acid groups (broad SMARTS) is 1. The highest BCUT2D eigenvalue weighted by Crippen LogP contribution is 2.77. The molecule has 272 valence electrons. The Morgan fingerprint density at radius 3 is 2.25 bits per heavy atom. The number of nitrogens with one attached hydrogen (secondary N) is 1. The van der Waals surface area contributed by atoms with Gasteiger partial charge in [0.15, 0.2) is 6.23 Å². The highest BCUT2D eigenvalue weighted by Gasteiger charge is 2.72. The number of carbonyl (C=O) groups is 2. The number of aliphatic hydroxyl groups excluding tert-OH is 3. The zero-order chi connectivity index (χ0) is 35.2. The highest BCUT2D eigenvalue weighted by atomic mass is 16.7. The fourth-order valence-electron chi connectivity index (χ4n) is 13.5. The normalized spacial score (nSPS) is 49.6. The smallest absolute Gasteiger partial charge is 0.309 e. The van der Waals surface area contributed by atoms with Crippen molar-refractivity contribution in [1.82, 2.24) is 10.4 Å². The van der Waals surface area contributed by atoms with Crippen LogP contribution in [0.5, 0.6) is 0 Å². The van der Waals surface area contributed by atoms with Crippen molar-refractivity contribution in [3.63, 3.8) is 0 Å². The number of aliphatic carboxylic acids is 1. The van der Waals surface area contributed by atoms with E-state index >= 15 is 0 Å². The van der Waals surface area contributed by atoms with Crippen LogP contribution in [-0.4, -0.2) is 88.2 Å². The quantitative estimate of drug-likeness (QED) is 0.194. The maximum Gasteiger partial charge on any atom is 0.309 e. The molecule has 10 nitrogen and oxygen atoms in total. The summed E-state index contributed by atoms with van der Waals surface area (Å²) in [6, 6.07) is -0.0386. The van der Waals surface area contributed by atoms with E-state index in [4.69, 9.17) is 9.57 Å². The molecule has 1 heterocycles. The van der Waals surface area contributed by atoms with Crippen molar-refractivity contribution in [2.24, 2.45) is 56.7 Å². The number of nitrogens with zero attached hydrogens (tertiary/aromatic N) is 1. The Bertz CT molecular complexity index is 1290. The Morgan fingerprint density at radius 1 is 0.896 bits per heavy atom. The molecule has 5 saturated carbocycles. The van der Waals surface area contributed by atoms with Crippen LogP contribution in [0, 0.1) is 56.7 Å². The third-order valence-electron chi connectivity index (χ3n) is 16.2. The van der Waals surface area contributed by atoms with Crippen LogP contribution in [0.4, 0.5) is 0 Å². The molecule has 14 atom stereocenters. The summed E-state index contributed by atoms with van der Waals surface area (Å²) in [5.74, 6) is 0.950. The number of hydrogen-bond donors (Lipinski definition) is 5. The van der Waals surface area contributed by atoms with Gasteiger partial charge in [0.05, 0.1) is 19.1 Å². The number of ether oxygens (including phenoxy) is 1. The molecule has 0 aromatic carbocycles. The summed E-state index contributed by atoms with van der Waals surface area (Å²) in [4.78, 5) is 31.9. The number of rotatable bonds is 7. The first kappa shape index (κ1) is 36.2. The number of fused-ring (bicyclic) bond motifs is 7. The van der Waals surface area contributed by atoms with Gasteiger partial charge < -0.3 is 30.5 Å². The van der Waals surface area contributed by atoms with Crippen LogP contribution in [-0.2, 0) is 19.2 Å². The third kappa shape index (κ3) is 5.08. The lowest BCUT2D eigenvalue weighted by Gasteiger charge is -2.73. The third-order valence-corrected chi connectivity index (χ3v) is 16.2. The van der Waals surface area contributed by atoms with E-state index in [2.05, 4.69) is 53.4 Å². The molecule has 10 heteroatoms. The molecule has 1 aliphatic heterocycles. The number of amides is 1. The SMILES string of the molecule is C=C(C)[C@@H]1CC[C@]2(C(=O)O)CC[C@]3(C)[C@H](CC[C@@H]4[C@@]5(C)CC[C@H](NC(=O)CN(OC)[C@@H]6OC[C@H](O)[C@H](O)[C@@H]6O)C(C)(C)[C@@H]5CC[C@]43C)[C@@H]12. The standard InChI is InChI=1S/C38H62N2O8/c1-21(2)22-11-16-38(33(45)46)18-17-36(6)23(29(22)38)9-10-26-35(5)14-13-27(34(3,4)25(35)12-15-37(26,36)7)39-28(42)19-40(47-8)32-31(44)30(43)24(41)20-48-32/h22-27,29-32,41,43-44H,1,9-20H2,2-8H3,(H,39,42)(H,45,46)/t22-,23+,24-,25-,26+,27-,29+,30-,31-,32+,35-,36+,37+,38-/m0/s1. The molecule has 0 unspecified atom stereocenters. The van der Waals surface area contributed by atoms with Gasteiger partial charge in [0.25, 0.3) is 0 Å². The number of allylic oxidation sites excluding steroid dienone is 1. The van der Waals surface area contributed by atoms with Gasteiger partial charge in [0.2, 0.25) is 5.91 Å². The zero-order valence-electron chi connectivity index (χ0n) is 30.3. The number of carboxylic acids is 1. The molecule has 5 aliphatic carbocycles. The summed E-state index contributed by atoms with van der Waals surface area (Å²) < 4.78 is 5.53. The van der Waals surface area contributed by atoms with Gasteiger partial charge in [-0.05, 0) is 122 Å². The number of hydroxylamine groups is 2. The number of hydrogen-bond acceptors (Lipinski definition) is 8. The molecule has 6 fully saturated rings. The van der Waals surface area contributed by atoms with Crippen molar-refractivity contribution in [3.05, 3.63) is 12.2 Å². The van der Waals surface area contributed by atoms with Crippen molar-refractivity contribution in [1.29, 1.82) is 0 Å². The minimum Gasteiger partial charge on any atom is -0.481 e. The first-order valence-corrected chi connectivity index (χ1v) is 18.5. The van der Waals surface area contributed by atoms with Crippen LogP contribution >= 0.6 is 0 Å². The molecule has 0 aromatic heterocycles. The average Bonchev–Trinajstić information content (AvgIpc) is 3.42. The van der Waals surface area contributed by atoms with Crippen LogP contribution in [0.25, 0.3) is 0 Å². The second kappa shape index (κ2) is 12.3. The Morgan fingerprint density at radius 2 is 1.60 bits per heavy atom. The van der Waals surface area contributed by atoms with E-state index in [1.54, 1.807) is 0 Å². The Hall–Kier alpha value is -1.56. The molecule has 6 rings (SSSR count). The fraction of sp³-hybridized carbons (Fsp3) is 0.895. The van der Waals surface area contributed by atoms with E-state index in [9.17, 15) is 30.0 Å². The van der Waals surface area contributed by atoms with E-state index in [0.29, 0.717) is 17.8 Å². The molecule has 5 N–H and O–H groups in total. The largest absolute Gasteiger partial charge is 0.481 e. The molecule has 0 spiro atoms. The topological polar surface area (TPSA) is 149 Å². The predicted molar refractivity (Wildman–Crippen MR) is 180 cm³/mol. The second-order valence-electron chi connectivity index (χ2n) is 18.2. The summed E-state index contributed by atoms with van der Waals surface area (Å²) in [6.45, 7) is 18.4. The summed E-state index contributed by atoms with van der Waals surface area (Å²) in [5, 5.41) is 45.7. The van der Waals surface area contributed by atoms with E-state index in [1.165, 1.54) is 12.2 Å². The van der Waals surface area contributed by atoms with Crippen molar-refractivity contribution >= 4 is 11.9 Å². The summed E-state index contributed by atoms with van der Waals surface area (Å²) in [5.41, 5.74) is 0.661. The van der Waals surface area contributed by atoms with Gasteiger partial charge >= 0.3 is 5.97 Å². The monoisotopic (exact) mass is 674 g/mol. The van der Waals surface area contributed by atoms with E-state index in [0.717, 1.165) is 69.8 Å². The van der Waals surface area contributed by atoms with Gasteiger partial charge in [-0.15, -0.1) is 5.06 Å². The number of carbonyl (C=O) groups excluding carboxylic acids is 1. The Labute approximate surface area is 287 Å². The summed E-state index contributed by atoms with van der Waals surface area (Å²) >= 11 is 0. The van der Waals surface area contributed by atoms with Crippen LogP contribution in [0.3, 0.4) is 0 Å². The average molecular weight is 675 g/mol. The Balaban J connectivity index is 1.20. The lowest BCUT2D eigenvalue weighted by Crippen LogP contribution is -2.68. The van der Waals surface area contributed by atoms with Crippen LogP contribution in [0.15, 0.2) is 12.2 Å². The second-order valence-corrected chi connectivity index (χ2v) is 18.2. The zero-order valence-corrected chi connectivity index (χ0v) is 30.3. The molecular formula is C38H62N2O8. The van der Waals surface area contributed by atoms with Crippen LogP contribution in [0.2, 0.25) is 0 Å². The fourth-order valence-corrected chi connectivity index (χ4v) is 13.5. The summed E-state index contributed by atoms with van der Waals surface area (Å²) in [7, 11) is 1.39. The van der Waals surface area contributed by atoms with Gasteiger partial charge in [-0.2, -0.15) is 0 Å². The van der Waals surface area contributed by atoms with Crippen molar-refractivity contribution < 1.29 is 39.6 Å². The van der Waals surface area contributed by atoms with E-state index in [1.807, 2.05) is 0 Å². The minimum atomic E-state index is -1.42. The molecule has 1 amide bonds. The van der Waals surface area contributed by atoms with Crippen molar-refractivity contribution in [2.45, 2.75) is 136 Å². The lowest BCUT2D eigenvalue weighted by atomic mass is 9.32. The van der Waals surface area contributed by atoms with Crippen LogP contribution < -0.4 is 5.32 Å². The molecular weight excluding hydrogens is 612 g/mol. The van der Waals surface area contributed by atoms with Gasteiger partial charge in [-0.25, -0.2) is 0 Å². The van der Waals surface area contributed by atoms with E-state index in [-0.39, 0.29) is 58.6 Å². The van der Waals surface area contributed by atoms with E-state index < -0.39 is 35.9 Å². The highest BCUT2D eigenvalue weighted by molar-refractivity contribution is 5.78. The molecule has 6 aliphatic rings. The van der Waals surface area contributed by atoms with Gasteiger partial charge in [0.1, 0.15) is 24.9 Å². The van der Waals surface area contributed by atoms with Gasteiger partial charge in [-0.1, -0.05) is 46.8 Å². The van der Waals surface area contributed by atoms with Crippen molar-refractivity contribution in [2.75, 3.05) is 20.3 Å². The van der Waals surface area contributed by atoms with Crippen molar-refractivity contribution in [3.8, 4) is 0 Å². The number of aliphatic hydroxyl groups is 3. The first-order valence-electron chi connectivity index (χ1n) is 18.5. The van der Waals surface area contributed by atoms with Crippen LogP contribution in [0.1, 0.15) is 106 Å². The molecule has 48 heavy (non-hydrogen) atoms. The minimum absolute atomic E-state index is 0.0386. The predicted octanol–water partition coefficient (Wildman–Crippen LogP) is 4.52. The van der Waals surface area contributed by atoms with Gasteiger partial charge in [0, 0.05) is 6.04 Å². The summed E-state index contributed by atoms with van der Waals surface area (Å²) in [6.07, 6.45) is 4.65. The maximum atomic E-state index is 13.5. The first-order chi connectivity index (χ1) is 22.4. The Kier molecular flexibility index (Phi) is 9.28. The lowest BCUT2D eigenvalue weighted by molar-refractivity contribution is -0.303. The molecule has 0 aromatic rings. The molecule has 0 radical (unpaired) electrons. The maximum absolute atomic E-state index is 13.5. The van der Waals surface area contributed by atoms with Gasteiger partial charge in [-0.3, -0.25) is 14.4 Å².